The van der Waals surface area contributed by atoms with E-state index in [0.29, 0.717) is 23.1 Å². The maximum Gasteiger partial charge on any atom is 0.416 e. The molecule has 5 nitrogen and oxygen atoms in total. The summed E-state index contributed by atoms with van der Waals surface area (Å²) in [4.78, 5) is 25.3. The minimum atomic E-state index is -4.43. The number of alkyl halides is 3. The van der Waals surface area contributed by atoms with Crippen molar-refractivity contribution in [1.82, 2.24) is 8.97 Å². The molecule has 0 aliphatic rings. The summed E-state index contributed by atoms with van der Waals surface area (Å²) in [5.74, 6) is -0.410. The number of pyridine rings is 1. The molecule has 2 aromatic heterocycles. The first-order valence-corrected chi connectivity index (χ1v) is 9.38. The number of carbonyl (C=O) groups excluding carboxylic acids is 1. The van der Waals surface area contributed by atoms with Gasteiger partial charge in [0.05, 0.1) is 16.6 Å². The lowest BCUT2D eigenvalue weighted by molar-refractivity contribution is -0.137. The van der Waals surface area contributed by atoms with Gasteiger partial charge < -0.3 is 9.88 Å². The summed E-state index contributed by atoms with van der Waals surface area (Å²) in [6.45, 7) is 1.85. The van der Waals surface area contributed by atoms with Gasteiger partial charge >= 0.3 is 6.18 Å². The molecular weight excluding hydrogens is 395 g/mol. The molecule has 0 saturated carbocycles. The Hall–Kier alpha value is -3.55. The van der Waals surface area contributed by atoms with Crippen molar-refractivity contribution in [3.63, 3.8) is 0 Å². The fourth-order valence-electron chi connectivity index (χ4n) is 3.51. The van der Waals surface area contributed by atoms with E-state index < -0.39 is 17.6 Å². The van der Waals surface area contributed by atoms with Gasteiger partial charge in [-0.2, -0.15) is 13.2 Å². The normalized spacial score (nSPS) is 11.9. The predicted octanol–water partition coefficient (Wildman–Crippen LogP) is 4.47. The Balaban J connectivity index is 1.70. The average molecular weight is 413 g/mol. The fourth-order valence-corrected chi connectivity index (χ4v) is 3.51. The lowest BCUT2D eigenvalue weighted by Crippen LogP contribution is -2.20. The average Bonchev–Trinajstić information content (AvgIpc) is 3.01. The molecule has 1 amide bonds. The van der Waals surface area contributed by atoms with Crippen molar-refractivity contribution in [3.8, 4) is 0 Å². The van der Waals surface area contributed by atoms with Crippen molar-refractivity contribution in [2.45, 2.75) is 26.1 Å². The molecule has 0 aliphatic heterocycles. The van der Waals surface area contributed by atoms with Gasteiger partial charge in [-0.05, 0) is 54.4 Å². The fraction of sp³-hybridized carbons (Fsp3) is 0.182. The zero-order chi connectivity index (χ0) is 21.5. The number of anilines is 1. The molecule has 0 bridgehead atoms. The number of aromatic nitrogens is 2. The molecule has 4 aromatic rings. The maximum atomic E-state index is 12.7. The molecule has 0 aliphatic carbocycles. The first-order valence-electron chi connectivity index (χ1n) is 9.38. The molecule has 154 valence electrons. The van der Waals surface area contributed by atoms with Crippen LogP contribution in [0.2, 0.25) is 0 Å². The number of rotatable bonds is 4. The Morgan fingerprint density at radius 3 is 2.30 bits per heavy atom. The van der Waals surface area contributed by atoms with E-state index in [1.807, 2.05) is 31.2 Å². The number of para-hydroxylation sites is 2. The van der Waals surface area contributed by atoms with E-state index in [-0.39, 0.29) is 17.8 Å². The summed E-state index contributed by atoms with van der Waals surface area (Å²) in [7, 11) is 0. The highest BCUT2D eigenvalue weighted by Gasteiger charge is 2.30. The van der Waals surface area contributed by atoms with Crippen molar-refractivity contribution in [1.29, 1.82) is 0 Å². The number of carbonyl (C=O) groups is 1. The summed E-state index contributed by atoms with van der Waals surface area (Å²) >= 11 is 0. The van der Waals surface area contributed by atoms with Crippen LogP contribution in [0.15, 0.2) is 65.5 Å². The monoisotopic (exact) mass is 413 g/mol. The number of amides is 1. The van der Waals surface area contributed by atoms with Crippen molar-refractivity contribution in [2.75, 3.05) is 5.32 Å². The second-order valence-corrected chi connectivity index (χ2v) is 6.95. The molecule has 8 heteroatoms. The highest BCUT2D eigenvalue weighted by Crippen LogP contribution is 2.30. The van der Waals surface area contributed by atoms with Gasteiger partial charge in [-0.25, -0.2) is 0 Å². The number of aryl methyl sites for hydroxylation is 1. The van der Waals surface area contributed by atoms with E-state index in [0.717, 1.165) is 17.7 Å². The third-order valence-corrected chi connectivity index (χ3v) is 4.97. The zero-order valence-electron chi connectivity index (χ0n) is 16.0. The summed E-state index contributed by atoms with van der Waals surface area (Å²) in [6.07, 6.45) is -3.76. The largest absolute Gasteiger partial charge is 0.416 e. The van der Waals surface area contributed by atoms with Gasteiger partial charge in [-0.3, -0.25) is 14.0 Å². The number of hydrogen-bond acceptors (Lipinski definition) is 2. The van der Waals surface area contributed by atoms with Crippen molar-refractivity contribution in [2.24, 2.45) is 0 Å². The van der Waals surface area contributed by atoms with Crippen molar-refractivity contribution in [3.05, 3.63) is 82.1 Å². The molecule has 2 aromatic carbocycles. The van der Waals surface area contributed by atoms with Crippen molar-refractivity contribution >= 4 is 28.3 Å². The van der Waals surface area contributed by atoms with Gasteiger partial charge in [0, 0.05) is 11.8 Å². The summed E-state index contributed by atoms with van der Waals surface area (Å²) < 4.78 is 41.4. The lowest BCUT2D eigenvalue weighted by Gasteiger charge is -2.10. The Morgan fingerprint density at radius 1 is 1.00 bits per heavy atom. The minimum absolute atomic E-state index is 0.0926. The second kappa shape index (κ2) is 7.37. The molecule has 0 unspecified atom stereocenters. The Bertz CT molecular complexity index is 1300. The molecule has 0 radical (unpaired) electrons. The molecule has 0 saturated heterocycles. The quantitative estimate of drug-likeness (QED) is 0.537. The molecule has 0 spiro atoms. The molecule has 1 N–H and O–H groups in total. The molecular formula is C22H18F3N3O2. The van der Waals surface area contributed by atoms with Crippen LogP contribution in [-0.2, 0) is 23.9 Å². The van der Waals surface area contributed by atoms with Crippen LogP contribution in [0.5, 0.6) is 0 Å². The molecule has 4 rings (SSSR count). The number of fused-ring (bicyclic) bond motifs is 3. The molecule has 2 heterocycles. The van der Waals surface area contributed by atoms with Crippen LogP contribution in [0.4, 0.5) is 18.9 Å². The highest BCUT2D eigenvalue weighted by molar-refractivity contribution is 5.93. The van der Waals surface area contributed by atoms with Crippen LogP contribution in [0.1, 0.15) is 18.1 Å². The number of hydrogen-bond donors (Lipinski definition) is 1. The maximum absolute atomic E-state index is 12.7. The third-order valence-electron chi connectivity index (χ3n) is 4.97. The topological polar surface area (TPSA) is 55.5 Å². The number of benzene rings is 2. The van der Waals surface area contributed by atoms with Gasteiger partial charge in [0.1, 0.15) is 12.2 Å². The van der Waals surface area contributed by atoms with Crippen LogP contribution < -0.4 is 10.9 Å². The van der Waals surface area contributed by atoms with Crippen LogP contribution >= 0.6 is 0 Å². The molecule has 0 fully saturated rings. The van der Waals surface area contributed by atoms with Gasteiger partial charge in [-0.15, -0.1) is 0 Å². The first kappa shape index (κ1) is 19.8. The highest BCUT2D eigenvalue weighted by atomic mass is 19.4. The van der Waals surface area contributed by atoms with Crippen molar-refractivity contribution < 1.29 is 18.0 Å². The lowest BCUT2D eigenvalue weighted by atomic mass is 10.2. The van der Waals surface area contributed by atoms with Gasteiger partial charge in [-0.1, -0.05) is 19.1 Å². The smallest absolute Gasteiger partial charge is 0.325 e. The van der Waals surface area contributed by atoms with E-state index in [9.17, 15) is 22.8 Å². The van der Waals surface area contributed by atoms with Crippen LogP contribution in [0.25, 0.3) is 16.7 Å². The first-order chi connectivity index (χ1) is 14.3. The predicted molar refractivity (Wildman–Crippen MR) is 109 cm³/mol. The summed E-state index contributed by atoms with van der Waals surface area (Å²) in [5, 5.41) is 2.62. The van der Waals surface area contributed by atoms with Crippen LogP contribution in [0.3, 0.4) is 0 Å². The number of halogens is 3. The minimum Gasteiger partial charge on any atom is -0.325 e. The molecule has 0 atom stereocenters. The van der Waals surface area contributed by atoms with Crippen LogP contribution in [-0.4, -0.2) is 14.9 Å². The number of nitrogens with zero attached hydrogens (tertiary/aromatic N) is 2. The standard InChI is InChI=1S/C22H18F3N3O2/c1-2-14-11-20-27(17-5-3-4-6-18(17)28(20)21(30)12-14)13-19(29)26-16-9-7-15(8-10-16)22(23,24)25/h3-12H,2,13H2,1H3,(H,26,29). The van der Waals surface area contributed by atoms with Gasteiger partial charge in [0.15, 0.2) is 0 Å². The Labute approximate surface area is 169 Å². The number of nitrogens with one attached hydrogen (secondary N) is 1. The second-order valence-electron chi connectivity index (χ2n) is 6.95. The SMILES string of the molecule is CCc1cc(=O)n2c3ccccc3n(CC(=O)Nc3ccc(C(F)(F)F)cc3)c2c1. The van der Waals surface area contributed by atoms with Gasteiger partial charge in [0.25, 0.3) is 5.56 Å². The van der Waals surface area contributed by atoms with E-state index in [1.165, 1.54) is 12.1 Å². The van der Waals surface area contributed by atoms with E-state index in [1.54, 1.807) is 21.1 Å². The van der Waals surface area contributed by atoms with E-state index in [4.69, 9.17) is 0 Å². The molecule has 30 heavy (non-hydrogen) atoms. The number of imidazole rings is 1. The van der Waals surface area contributed by atoms with Crippen LogP contribution in [0, 0.1) is 0 Å². The van der Waals surface area contributed by atoms with Gasteiger partial charge in [0.2, 0.25) is 5.91 Å². The Morgan fingerprint density at radius 2 is 1.67 bits per heavy atom. The third kappa shape index (κ3) is 3.56. The summed E-state index contributed by atoms with van der Waals surface area (Å²) in [5.41, 5.74) is 2.14. The van der Waals surface area contributed by atoms with E-state index in [2.05, 4.69) is 5.32 Å². The zero-order valence-corrected chi connectivity index (χ0v) is 16.0. The van der Waals surface area contributed by atoms with E-state index >= 15 is 0 Å². The Kier molecular flexibility index (Phi) is 4.85. The summed E-state index contributed by atoms with van der Waals surface area (Å²) in [6, 6.07) is 15.0.